The first-order chi connectivity index (χ1) is 13.5. The second-order valence-corrected chi connectivity index (χ2v) is 8.03. The Kier molecular flexibility index (Phi) is 5.17. The van der Waals surface area contributed by atoms with E-state index in [1.165, 1.54) is 0 Å². The highest BCUT2D eigenvalue weighted by molar-refractivity contribution is 9.10. The number of rotatable bonds is 3. The zero-order valence-electron chi connectivity index (χ0n) is 15.9. The summed E-state index contributed by atoms with van der Waals surface area (Å²) >= 11 is 3.41. The number of aryl methyl sites for hydroxylation is 2. The summed E-state index contributed by atoms with van der Waals surface area (Å²) in [4.78, 5) is 23.7. The molecule has 3 heterocycles. The number of nitrogens with one attached hydrogen (secondary N) is 2. The Morgan fingerprint density at radius 3 is 2.86 bits per heavy atom. The maximum Gasteiger partial charge on any atom is 0.319 e. The van der Waals surface area contributed by atoms with Gasteiger partial charge >= 0.3 is 6.03 Å². The van der Waals surface area contributed by atoms with Crippen molar-refractivity contribution in [2.75, 3.05) is 23.3 Å². The first kappa shape index (κ1) is 18.7. The lowest BCUT2D eigenvalue weighted by molar-refractivity contribution is 0.249. The van der Waals surface area contributed by atoms with Crippen molar-refractivity contribution >= 4 is 44.2 Å². The van der Waals surface area contributed by atoms with Crippen molar-refractivity contribution in [1.29, 1.82) is 0 Å². The van der Waals surface area contributed by atoms with E-state index in [-0.39, 0.29) is 12.1 Å². The van der Waals surface area contributed by atoms with Crippen molar-refractivity contribution in [2.24, 2.45) is 0 Å². The first-order valence-electron chi connectivity index (χ1n) is 9.30. The molecule has 1 fully saturated rings. The van der Waals surface area contributed by atoms with E-state index >= 15 is 0 Å². The van der Waals surface area contributed by atoms with Gasteiger partial charge in [0.2, 0.25) is 0 Å². The standard InChI is InChI=1S/C21H22BrN5O/c1-13-10-18-17(14(2)24-13)4-3-5-19(18)26-21(28)25-16-8-9-27(12-16)20-7-6-15(22)11-23-20/h3-7,10-11,16H,8-9,12H2,1-2H3,(H2,25,26,28). The quantitative estimate of drug-likeness (QED) is 0.633. The van der Waals surface area contributed by atoms with Crippen molar-refractivity contribution < 1.29 is 4.79 Å². The molecular weight excluding hydrogens is 418 g/mol. The molecule has 2 amide bonds. The highest BCUT2D eigenvalue weighted by Gasteiger charge is 2.25. The van der Waals surface area contributed by atoms with E-state index in [0.29, 0.717) is 0 Å². The number of benzene rings is 1. The van der Waals surface area contributed by atoms with Gasteiger partial charge in [0.1, 0.15) is 5.82 Å². The fourth-order valence-corrected chi connectivity index (χ4v) is 3.93. The zero-order chi connectivity index (χ0) is 19.7. The fraction of sp³-hybridized carbons (Fsp3) is 0.286. The van der Waals surface area contributed by atoms with E-state index in [9.17, 15) is 4.79 Å². The van der Waals surface area contributed by atoms with Crippen LogP contribution in [0.1, 0.15) is 17.8 Å². The molecule has 0 bridgehead atoms. The van der Waals surface area contributed by atoms with Crippen LogP contribution in [0.2, 0.25) is 0 Å². The lowest BCUT2D eigenvalue weighted by Gasteiger charge is -2.18. The number of urea groups is 1. The Bertz CT molecular complexity index is 1020. The van der Waals surface area contributed by atoms with E-state index in [4.69, 9.17) is 0 Å². The van der Waals surface area contributed by atoms with E-state index in [1.54, 1.807) is 6.20 Å². The second kappa shape index (κ2) is 7.75. The summed E-state index contributed by atoms with van der Waals surface area (Å²) in [5, 5.41) is 8.16. The number of pyridine rings is 2. The maximum absolute atomic E-state index is 12.6. The molecule has 6 nitrogen and oxygen atoms in total. The molecule has 7 heteroatoms. The summed E-state index contributed by atoms with van der Waals surface area (Å²) in [6, 6.07) is 11.8. The predicted octanol–water partition coefficient (Wildman–Crippen LogP) is 4.41. The molecule has 1 aliphatic heterocycles. The van der Waals surface area contributed by atoms with Gasteiger partial charge in [0.15, 0.2) is 0 Å². The lowest BCUT2D eigenvalue weighted by atomic mass is 10.1. The first-order valence-corrected chi connectivity index (χ1v) is 10.1. The summed E-state index contributed by atoms with van der Waals surface area (Å²) in [5.41, 5.74) is 2.70. The van der Waals surface area contributed by atoms with Gasteiger partial charge < -0.3 is 15.5 Å². The second-order valence-electron chi connectivity index (χ2n) is 7.11. The monoisotopic (exact) mass is 439 g/mol. The van der Waals surface area contributed by atoms with Gasteiger partial charge in [0, 0.05) is 52.0 Å². The van der Waals surface area contributed by atoms with Gasteiger partial charge in [-0.2, -0.15) is 0 Å². The van der Waals surface area contributed by atoms with Gasteiger partial charge in [0.25, 0.3) is 0 Å². The van der Waals surface area contributed by atoms with Crippen LogP contribution in [-0.4, -0.2) is 35.1 Å². The van der Waals surface area contributed by atoms with E-state index in [1.807, 2.05) is 50.2 Å². The van der Waals surface area contributed by atoms with Crippen LogP contribution < -0.4 is 15.5 Å². The van der Waals surface area contributed by atoms with Crippen LogP contribution >= 0.6 is 15.9 Å². The molecule has 0 saturated carbocycles. The molecular formula is C21H22BrN5O. The van der Waals surface area contributed by atoms with Crippen LogP contribution in [0.3, 0.4) is 0 Å². The molecule has 28 heavy (non-hydrogen) atoms. The van der Waals surface area contributed by atoms with Gasteiger partial charge in [-0.25, -0.2) is 9.78 Å². The predicted molar refractivity (Wildman–Crippen MR) is 116 cm³/mol. The lowest BCUT2D eigenvalue weighted by Crippen LogP contribution is -2.39. The summed E-state index contributed by atoms with van der Waals surface area (Å²) in [5.74, 6) is 0.931. The third-order valence-electron chi connectivity index (χ3n) is 5.00. The van der Waals surface area contributed by atoms with E-state index < -0.39 is 0 Å². The number of halogens is 1. The molecule has 1 saturated heterocycles. The third-order valence-corrected chi connectivity index (χ3v) is 5.47. The van der Waals surface area contributed by atoms with Crippen molar-refractivity contribution in [3.63, 3.8) is 0 Å². The summed E-state index contributed by atoms with van der Waals surface area (Å²) in [6.45, 7) is 5.58. The Labute approximate surface area is 172 Å². The van der Waals surface area contributed by atoms with Crippen LogP contribution in [0.5, 0.6) is 0 Å². The molecule has 0 radical (unpaired) electrons. The van der Waals surface area contributed by atoms with Gasteiger partial charge in [-0.1, -0.05) is 12.1 Å². The Hall–Kier alpha value is -2.67. The number of fused-ring (bicyclic) bond motifs is 1. The van der Waals surface area contributed by atoms with Gasteiger partial charge in [-0.3, -0.25) is 4.98 Å². The Morgan fingerprint density at radius 2 is 2.07 bits per heavy atom. The van der Waals surface area contributed by atoms with Crippen LogP contribution in [-0.2, 0) is 0 Å². The molecule has 4 rings (SSSR count). The molecule has 3 aromatic rings. The van der Waals surface area contributed by atoms with Crippen molar-refractivity contribution in [1.82, 2.24) is 15.3 Å². The fourth-order valence-electron chi connectivity index (χ4n) is 3.70. The number of hydrogen-bond acceptors (Lipinski definition) is 4. The third kappa shape index (κ3) is 3.94. The van der Waals surface area contributed by atoms with E-state index in [2.05, 4.69) is 41.4 Å². The minimum Gasteiger partial charge on any atom is -0.354 e. The molecule has 1 atom stereocenters. The minimum atomic E-state index is -0.185. The number of carbonyl (C=O) groups excluding carboxylic acids is 1. The van der Waals surface area contributed by atoms with Crippen LogP contribution in [0.25, 0.3) is 10.8 Å². The Morgan fingerprint density at radius 1 is 1.21 bits per heavy atom. The molecule has 1 aliphatic rings. The number of aromatic nitrogens is 2. The molecule has 0 aliphatic carbocycles. The molecule has 1 aromatic carbocycles. The van der Waals surface area contributed by atoms with E-state index in [0.717, 1.165) is 57.6 Å². The average molecular weight is 440 g/mol. The largest absolute Gasteiger partial charge is 0.354 e. The summed E-state index contributed by atoms with van der Waals surface area (Å²) in [6.07, 6.45) is 2.69. The zero-order valence-corrected chi connectivity index (χ0v) is 17.5. The molecule has 144 valence electrons. The van der Waals surface area contributed by atoms with Crippen LogP contribution in [0.15, 0.2) is 47.1 Å². The minimum absolute atomic E-state index is 0.0885. The van der Waals surface area contributed by atoms with Gasteiger partial charge in [-0.05, 0) is 60.5 Å². The van der Waals surface area contributed by atoms with Crippen LogP contribution in [0.4, 0.5) is 16.3 Å². The number of amides is 2. The number of nitrogens with zero attached hydrogens (tertiary/aromatic N) is 3. The molecule has 0 spiro atoms. The highest BCUT2D eigenvalue weighted by atomic mass is 79.9. The topological polar surface area (TPSA) is 70.2 Å². The van der Waals surface area contributed by atoms with Gasteiger partial charge in [-0.15, -0.1) is 0 Å². The SMILES string of the molecule is Cc1cc2c(NC(=O)NC3CCN(c4ccc(Br)cn4)C3)cccc2c(C)n1. The van der Waals surface area contributed by atoms with Crippen molar-refractivity contribution in [3.8, 4) is 0 Å². The smallest absolute Gasteiger partial charge is 0.319 e. The average Bonchev–Trinajstić information content (AvgIpc) is 3.11. The maximum atomic E-state index is 12.6. The van der Waals surface area contributed by atoms with Crippen molar-refractivity contribution in [2.45, 2.75) is 26.3 Å². The molecule has 1 unspecified atom stereocenters. The van der Waals surface area contributed by atoms with Gasteiger partial charge in [0.05, 0.1) is 5.69 Å². The van der Waals surface area contributed by atoms with Crippen molar-refractivity contribution in [3.05, 3.63) is 58.5 Å². The molecule has 2 aromatic heterocycles. The number of anilines is 2. The Balaban J connectivity index is 1.43. The summed E-state index contributed by atoms with van der Waals surface area (Å²) < 4.78 is 0.959. The van der Waals surface area contributed by atoms with Crippen LogP contribution in [0, 0.1) is 13.8 Å². The highest BCUT2D eigenvalue weighted by Crippen LogP contribution is 2.26. The molecule has 2 N–H and O–H groups in total. The number of hydrogen-bond donors (Lipinski definition) is 2. The summed E-state index contributed by atoms with van der Waals surface area (Å²) in [7, 11) is 0. The normalized spacial score (nSPS) is 16.4. The number of carbonyl (C=O) groups is 1.